The molecule has 3 aromatic rings. The van der Waals surface area contributed by atoms with E-state index in [1.54, 1.807) is 10.7 Å². The van der Waals surface area contributed by atoms with Gasteiger partial charge in [0.1, 0.15) is 12.4 Å². The van der Waals surface area contributed by atoms with Gasteiger partial charge in [-0.05, 0) is 6.07 Å². The van der Waals surface area contributed by atoms with Gasteiger partial charge in [0, 0.05) is 42.2 Å². The van der Waals surface area contributed by atoms with Gasteiger partial charge in [0.05, 0.1) is 12.2 Å². The van der Waals surface area contributed by atoms with Gasteiger partial charge in [0.15, 0.2) is 0 Å². The van der Waals surface area contributed by atoms with Gasteiger partial charge in [-0.25, -0.2) is 4.68 Å². The van der Waals surface area contributed by atoms with E-state index >= 15 is 0 Å². The minimum absolute atomic E-state index is 0.186. The Hall–Kier alpha value is -3.09. The number of rotatable bonds is 3. The molecular formula is C17H16N4O3. The van der Waals surface area contributed by atoms with Crippen LogP contribution in [0.2, 0.25) is 0 Å². The Bertz CT molecular complexity index is 970. The van der Waals surface area contributed by atoms with Crippen LogP contribution in [0.5, 0.6) is 0 Å². The Kier molecular flexibility index (Phi) is 3.16. The molecule has 1 aliphatic heterocycles. The van der Waals surface area contributed by atoms with Crippen molar-refractivity contribution in [2.75, 3.05) is 11.4 Å². The molecule has 7 nitrogen and oxygen atoms in total. The SMILES string of the molecule is Cn1cc(-c2cc3n(n2)CCC(=O)N3CC(=O)O)c2ccccc21. The highest BCUT2D eigenvalue weighted by molar-refractivity contribution is 5.99. The highest BCUT2D eigenvalue weighted by Gasteiger charge is 2.28. The van der Waals surface area contributed by atoms with Gasteiger partial charge in [-0.15, -0.1) is 0 Å². The van der Waals surface area contributed by atoms with Gasteiger partial charge >= 0.3 is 5.97 Å². The number of aromatic nitrogens is 3. The molecule has 7 heteroatoms. The first kappa shape index (κ1) is 14.5. The van der Waals surface area contributed by atoms with Crippen LogP contribution >= 0.6 is 0 Å². The van der Waals surface area contributed by atoms with Crippen molar-refractivity contribution in [3.63, 3.8) is 0 Å². The van der Waals surface area contributed by atoms with E-state index in [0.717, 1.165) is 22.2 Å². The van der Waals surface area contributed by atoms with Crippen LogP contribution in [-0.2, 0) is 23.2 Å². The fraction of sp³-hybridized carbons (Fsp3) is 0.235. The van der Waals surface area contributed by atoms with Crippen molar-refractivity contribution >= 4 is 28.6 Å². The Balaban J connectivity index is 1.84. The Morgan fingerprint density at radius 3 is 2.92 bits per heavy atom. The van der Waals surface area contributed by atoms with E-state index in [9.17, 15) is 9.59 Å². The van der Waals surface area contributed by atoms with Gasteiger partial charge in [0.2, 0.25) is 5.91 Å². The first-order chi connectivity index (χ1) is 11.5. The van der Waals surface area contributed by atoms with Crippen LogP contribution in [0.15, 0.2) is 36.5 Å². The molecule has 0 saturated carbocycles. The summed E-state index contributed by atoms with van der Waals surface area (Å²) in [6, 6.07) is 9.82. The van der Waals surface area contributed by atoms with Gasteiger partial charge in [-0.2, -0.15) is 5.10 Å². The number of carboxylic acids is 1. The third kappa shape index (κ3) is 2.17. The number of carbonyl (C=O) groups excluding carboxylic acids is 1. The van der Waals surface area contributed by atoms with Crippen molar-refractivity contribution in [3.05, 3.63) is 36.5 Å². The summed E-state index contributed by atoms with van der Waals surface area (Å²) in [5.41, 5.74) is 2.81. The number of benzene rings is 1. The normalized spacial score (nSPS) is 14.2. The van der Waals surface area contributed by atoms with Gasteiger partial charge in [-0.1, -0.05) is 18.2 Å². The van der Waals surface area contributed by atoms with Crippen molar-refractivity contribution in [1.82, 2.24) is 14.3 Å². The largest absolute Gasteiger partial charge is 0.480 e. The monoisotopic (exact) mass is 324 g/mol. The molecule has 4 rings (SSSR count). The quantitative estimate of drug-likeness (QED) is 0.797. The lowest BCUT2D eigenvalue weighted by atomic mass is 10.1. The van der Waals surface area contributed by atoms with Crippen molar-refractivity contribution in [2.24, 2.45) is 7.05 Å². The van der Waals surface area contributed by atoms with E-state index in [1.807, 2.05) is 42.1 Å². The summed E-state index contributed by atoms with van der Waals surface area (Å²) < 4.78 is 3.74. The maximum Gasteiger partial charge on any atom is 0.323 e. The minimum atomic E-state index is -1.04. The number of carbonyl (C=O) groups is 2. The lowest BCUT2D eigenvalue weighted by molar-refractivity contribution is -0.136. The van der Waals surface area contributed by atoms with E-state index in [0.29, 0.717) is 12.4 Å². The van der Waals surface area contributed by atoms with E-state index in [-0.39, 0.29) is 18.9 Å². The zero-order chi connectivity index (χ0) is 16.8. The lowest BCUT2D eigenvalue weighted by Crippen LogP contribution is -2.40. The molecular weight excluding hydrogens is 308 g/mol. The first-order valence-corrected chi connectivity index (χ1v) is 7.69. The average molecular weight is 324 g/mol. The molecule has 1 aromatic carbocycles. The predicted octanol–water partition coefficient (Wildman–Crippen LogP) is 1.86. The number of aryl methyl sites for hydroxylation is 2. The second kappa shape index (κ2) is 5.23. The fourth-order valence-corrected chi connectivity index (χ4v) is 3.23. The number of aliphatic carboxylic acids is 1. The number of amides is 1. The Morgan fingerprint density at radius 1 is 1.33 bits per heavy atom. The van der Waals surface area contributed by atoms with Gasteiger partial charge in [0.25, 0.3) is 0 Å². The fourth-order valence-electron chi connectivity index (χ4n) is 3.23. The van der Waals surface area contributed by atoms with E-state index in [2.05, 4.69) is 5.10 Å². The maximum absolute atomic E-state index is 12.1. The molecule has 0 spiro atoms. The minimum Gasteiger partial charge on any atom is -0.480 e. The molecule has 1 amide bonds. The molecule has 0 radical (unpaired) electrons. The van der Waals surface area contributed by atoms with Crippen LogP contribution in [0.25, 0.3) is 22.2 Å². The highest BCUT2D eigenvalue weighted by Crippen LogP contribution is 2.33. The first-order valence-electron chi connectivity index (χ1n) is 7.69. The van der Waals surface area contributed by atoms with Crippen molar-refractivity contribution in [3.8, 4) is 11.3 Å². The van der Waals surface area contributed by atoms with Gasteiger partial charge < -0.3 is 9.67 Å². The number of para-hydroxylation sites is 1. The molecule has 3 heterocycles. The second-order valence-electron chi connectivity index (χ2n) is 5.91. The topological polar surface area (TPSA) is 80.4 Å². The molecule has 0 atom stereocenters. The summed E-state index contributed by atoms with van der Waals surface area (Å²) in [6.45, 7) is 0.120. The average Bonchev–Trinajstić information content (AvgIpc) is 3.12. The maximum atomic E-state index is 12.1. The third-order valence-corrected chi connectivity index (χ3v) is 4.34. The number of hydrogen-bond donors (Lipinski definition) is 1. The smallest absolute Gasteiger partial charge is 0.323 e. The summed E-state index contributed by atoms with van der Waals surface area (Å²) in [4.78, 5) is 24.4. The molecule has 0 aliphatic carbocycles. The lowest BCUT2D eigenvalue weighted by Gasteiger charge is -2.25. The number of hydrogen-bond acceptors (Lipinski definition) is 3. The number of carboxylic acid groups (broad SMARTS) is 1. The number of anilines is 1. The van der Waals surface area contributed by atoms with Crippen LogP contribution in [0.1, 0.15) is 6.42 Å². The number of fused-ring (bicyclic) bond motifs is 2. The third-order valence-electron chi connectivity index (χ3n) is 4.34. The molecule has 0 fully saturated rings. The standard InChI is InChI=1S/C17H16N4O3/c1-19-9-12(11-4-2-3-5-14(11)19)13-8-15-20(10-17(23)24)16(22)6-7-21(15)18-13/h2-5,8-9H,6-7,10H2,1H3,(H,23,24). The van der Waals surface area contributed by atoms with E-state index in [1.165, 1.54) is 4.90 Å². The summed E-state index contributed by atoms with van der Waals surface area (Å²) in [6.07, 6.45) is 2.26. The highest BCUT2D eigenvalue weighted by atomic mass is 16.4. The summed E-state index contributed by atoms with van der Waals surface area (Å²) in [5.74, 6) is -0.685. The number of nitrogens with zero attached hydrogens (tertiary/aromatic N) is 4. The molecule has 1 aliphatic rings. The van der Waals surface area contributed by atoms with Crippen LogP contribution in [0.4, 0.5) is 5.82 Å². The van der Waals surface area contributed by atoms with E-state index < -0.39 is 5.97 Å². The molecule has 0 saturated heterocycles. The second-order valence-corrected chi connectivity index (χ2v) is 5.91. The molecule has 122 valence electrons. The predicted molar refractivity (Wildman–Crippen MR) is 88.7 cm³/mol. The van der Waals surface area contributed by atoms with Crippen molar-refractivity contribution in [2.45, 2.75) is 13.0 Å². The van der Waals surface area contributed by atoms with Crippen molar-refractivity contribution < 1.29 is 14.7 Å². The molecule has 2 aromatic heterocycles. The Morgan fingerprint density at radius 2 is 2.12 bits per heavy atom. The summed E-state index contributed by atoms with van der Waals surface area (Å²) in [5, 5.41) is 14.7. The zero-order valence-corrected chi connectivity index (χ0v) is 13.1. The van der Waals surface area contributed by atoms with Crippen LogP contribution < -0.4 is 4.90 Å². The molecule has 1 N–H and O–H groups in total. The summed E-state index contributed by atoms with van der Waals surface area (Å²) in [7, 11) is 1.97. The van der Waals surface area contributed by atoms with Gasteiger partial charge in [-0.3, -0.25) is 14.5 Å². The van der Waals surface area contributed by atoms with Crippen molar-refractivity contribution in [1.29, 1.82) is 0 Å². The molecule has 24 heavy (non-hydrogen) atoms. The molecule has 0 bridgehead atoms. The molecule has 0 unspecified atom stereocenters. The van der Waals surface area contributed by atoms with Crippen LogP contribution in [0, 0.1) is 0 Å². The Labute approximate surface area is 137 Å². The van der Waals surface area contributed by atoms with Crippen LogP contribution in [0.3, 0.4) is 0 Å². The van der Waals surface area contributed by atoms with Crippen LogP contribution in [-0.4, -0.2) is 37.9 Å². The zero-order valence-electron chi connectivity index (χ0n) is 13.1. The van der Waals surface area contributed by atoms with E-state index in [4.69, 9.17) is 5.11 Å². The summed E-state index contributed by atoms with van der Waals surface area (Å²) >= 11 is 0.